The van der Waals surface area contributed by atoms with Gasteiger partial charge in [0.1, 0.15) is 0 Å². The first kappa shape index (κ1) is 21.8. The highest BCUT2D eigenvalue weighted by molar-refractivity contribution is 8.00. The number of hydrogen-bond acceptors (Lipinski definition) is 6. The molecule has 8 heteroatoms. The molecule has 1 atom stereocenters. The first-order valence-corrected chi connectivity index (χ1v) is 9.68. The highest BCUT2D eigenvalue weighted by atomic mass is 35.5. The van der Waals surface area contributed by atoms with Crippen molar-refractivity contribution in [1.29, 1.82) is 0 Å². The molecule has 0 aliphatic heterocycles. The number of methoxy groups -OCH3 is 2. The lowest BCUT2D eigenvalue weighted by Gasteiger charge is -2.16. The molecule has 2 aromatic rings. The number of amides is 1. The summed E-state index contributed by atoms with van der Waals surface area (Å²) in [6.45, 7) is 1.90. The Morgan fingerprint density at radius 3 is 2.00 bits per heavy atom. The molecule has 1 N–H and O–H groups in total. The predicted molar refractivity (Wildman–Crippen MR) is 109 cm³/mol. The lowest BCUT2D eigenvalue weighted by Crippen LogP contribution is -2.25. The van der Waals surface area contributed by atoms with E-state index in [1.54, 1.807) is 12.1 Å². The lowest BCUT2D eigenvalue weighted by atomic mass is 10.1. The van der Waals surface area contributed by atoms with Gasteiger partial charge in [-0.1, -0.05) is 18.5 Å². The highest BCUT2D eigenvalue weighted by Crippen LogP contribution is 2.28. The summed E-state index contributed by atoms with van der Waals surface area (Å²) in [7, 11) is 2.47. The van der Waals surface area contributed by atoms with Crippen LogP contribution in [0.25, 0.3) is 0 Å². The molecule has 0 aliphatic rings. The van der Waals surface area contributed by atoms with Crippen LogP contribution < -0.4 is 5.32 Å². The molecule has 0 saturated heterocycles. The lowest BCUT2D eigenvalue weighted by molar-refractivity contribution is -0.115. The molecule has 0 aromatic heterocycles. The van der Waals surface area contributed by atoms with Crippen molar-refractivity contribution in [2.45, 2.75) is 23.5 Å². The number of hydrogen-bond donors (Lipinski definition) is 1. The second kappa shape index (κ2) is 10.1. The summed E-state index contributed by atoms with van der Waals surface area (Å²) in [5.74, 6) is -1.49. The maximum absolute atomic E-state index is 12.7. The van der Waals surface area contributed by atoms with Gasteiger partial charge in [0.15, 0.2) is 0 Å². The average Bonchev–Trinajstić information content (AvgIpc) is 2.71. The minimum Gasteiger partial charge on any atom is -0.465 e. The summed E-state index contributed by atoms with van der Waals surface area (Å²) < 4.78 is 9.41. The molecule has 0 fully saturated rings. The van der Waals surface area contributed by atoms with E-state index < -0.39 is 11.9 Å². The summed E-state index contributed by atoms with van der Waals surface area (Å²) in [6, 6.07) is 11.5. The van der Waals surface area contributed by atoms with E-state index >= 15 is 0 Å². The first-order chi connectivity index (χ1) is 13.4. The van der Waals surface area contributed by atoms with Crippen LogP contribution in [0.4, 0.5) is 5.69 Å². The van der Waals surface area contributed by atoms with Crippen LogP contribution in [0.2, 0.25) is 5.02 Å². The molecular weight excluding hydrogens is 402 g/mol. The van der Waals surface area contributed by atoms with Crippen molar-refractivity contribution in [2.75, 3.05) is 19.5 Å². The van der Waals surface area contributed by atoms with Crippen LogP contribution in [-0.4, -0.2) is 37.3 Å². The molecule has 148 valence electrons. The summed E-state index contributed by atoms with van der Waals surface area (Å²) in [6.07, 6.45) is 0.583. The number of esters is 2. The summed E-state index contributed by atoms with van der Waals surface area (Å²) in [5.41, 5.74) is 0.585. The molecule has 1 amide bonds. The van der Waals surface area contributed by atoms with E-state index in [1.807, 2.05) is 19.1 Å². The van der Waals surface area contributed by atoms with Crippen LogP contribution in [0.3, 0.4) is 0 Å². The minimum atomic E-state index is -0.621. The fraction of sp³-hybridized carbons (Fsp3) is 0.250. The standard InChI is InChI=1S/C20H20ClNO5S/c1-4-17(28-16-7-5-14(21)6-8-16)18(23)22-15-10-12(19(24)26-2)9-13(11-15)20(25)27-3/h5-11,17H,4H2,1-3H3,(H,22,23). The van der Waals surface area contributed by atoms with Gasteiger partial charge in [-0.15, -0.1) is 11.8 Å². The molecule has 0 heterocycles. The predicted octanol–water partition coefficient (Wildman–Crippen LogP) is 4.42. The number of halogens is 1. The Labute approximate surface area is 172 Å². The van der Waals surface area contributed by atoms with Crippen molar-refractivity contribution in [2.24, 2.45) is 0 Å². The van der Waals surface area contributed by atoms with Crippen LogP contribution in [0, 0.1) is 0 Å². The van der Waals surface area contributed by atoms with Gasteiger partial charge in [0.05, 0.1) is 30.6 Å². The molecule has 28 heavy (non-hydrogen) atoms. The highest BCUT2D eigenvalue weighted by Gasteiger charge is 2.20. The average molecular weight is 422 g/mol. The van der Waals surface area contributed by atoms with Crippen molar-refractivity contribution >= 4 is 46.9 Å². The Kier molecular flexibility index (Phi) is 7.90. The van der Waals surface area contributed by atoms with Crippen LogP contribution in [0.1, 0.15) is 34.1 Å². The van der Waals surface area contributed by atoms with Crippen molar-refractivity contribution in [3.05, 3.63) is 58.6 Å². The fourth-order valence-electron chi connectivity index (χ4n) is 2.39. The number of ether oxygens (including phenoxy) is 2. The van der Waals surface area contributed by atoms with E-state index in [0.29, 0.717) is 17.1 Å². The van der Waals surface area contributed by atoms with Gasteiger partial charge in [-0.2, -0.15) is 0 Å². The third kappa shape index (κ3) is 5.74. The van der Waals surface area contributed by atoms with E-state index in [2.05, 4.69) is 5.32 Å². The fourth-order valence-corrected chi connectivity index (χ4v) is 3.47. The van der Waals surface area contributed by atoms with Gasteiger partial charge in [0.25, 0.3) is 0 Å². The van der Waals surface area contributed by atoms with E-state index in [1.165, 1.54) is 44.2 Å². The third-order valence-corrected chi connectivity index (χ3v) is 5.43. The topological polar surface area (TPSA) is 81.7 Å². The van der Waals surface area contributed by atoms with E-state index in [0.717, 1.165) is 4.90 Å². The van der Waals surface area contributed by atoms with Gasteiger partial charge in [0.2, 0.25) is 5.91 Å². The van der Waals surface area contributed by atoms with Gasteiger partial charge in [0, 0.05) is 15.6 Å². The van der Waals surface area contributed by atoms with Crippen LogP contribution in [0.5, 0.6) is 0 Å². The molecule has 0 spiro atoms. The Morgan fingerprint density at radius 1 is 1.00 bits per heavy atom. The molecule has 1 unspecified atom stereocenters. The van der Waals surface area contributed by atoms with Gasteiger partial charge in [-0.25, -0.2) is 9.59 Å². The second-order valence-corrected chi connectivity index (χ2v) is 7.45. The molecule has 2 rings (SSSR count). The normalized spacial score (nSPS) is 11.4. The summed E-state index contributed by atoms with van der Waals surface area (Å²) >= 11 is 7.29. The molecule has 0 bridgehead atoms. The third-order valence-electron chi connectivity index (χ3n) is 3.80. The SMILES string of the molecule is CCC(Sc1ccc(Cl)cc1)C(=O)Nc1cc(C(=O)OC)cc(C(=O)OC)c1. The van der Waals surface area contributed by atoms with Crippen molar-refractivity contribution < 1.29 is 23.9 Å². The smallest absolute Gasteiger partial charge is 0.337 e. The number of anilines is 1. The zero-order valence-electron chi connectivity index (χ0n) is 15.7. The monoisotopic (exact) mass is 421 g/mol. The van der Waals surface area contributed by atoms with Crippen molar-refractivity contribution in [3.8, 4) is 0 Å². The molecular formula is C20H20ClNO5S. The molecule has 2 aromatic carbocycles. The Hall–Kier alpha value is -2.51. The molecule has 6 nitrogen and oxygen atoms in total. The first-order valence-electron chi connectivity index (χ1n) is 8.42. The Balaban J connectivity index is 2.23. The van der Waals surface area contributed by atoms with Gasteiger partial charge >= 0.3 is 11.9 Å². The summed E-state index contributed by atoms with van der Waals surface area (Å²) in [4.78, 5) is 37.4. The van der Waals surface area contributed by atoms with Crippen molar-refractivity contribution in [3.63, 3.8) is 0 Å². The molecule has 0 aliphatic carbocycles. The van der Waals surface area contributed by atoms with Crippen LogP contribution in [-0.2, 0) is 14.3 Å². The number of benzene rings is 2. The van der Waals surface area contributed by atoms with Gasteiger partial charge < -0.3 is 14.8 Å². The van der Waals surface area contributed by atoms with Crippen molar-refractivity contribution in [1.82, 2.24) is 0 Å². The van der Waals surface area contributed by atoms with Gasteiger partial charge in [-0.05, 0) is 48.9 Å². The maximum atomic E-state index is 12.7. The van der Waals surface area contributed by atoms with Crippen LogP contribution >= 0.6 is 23.4 Å². The zero-order chi connectivity index (χ0) is 20.7. The number of nitrogens with one attached hydrogen (secondary N) is 1. The number of carbonyl (C=O) groups is 3. The maximum Gasteiger partial charge on any atom is 0.337 e. The number of thioether (sulfide) groups is 1. The largest absolute Gasteiger partial charge is 0.465 e. The van der Waals surface area contributed by atoms with E-state index in [-0.39, 0.29) is 22.3 Å². The summed E-state index contributed by atoms with van der Waals surface area (Å²) in [5, 5.41) is 3.01. The molecule has 0 saturated carbocycles. The zero-order valence-corrected chi connectivity index (χ0v) is 17.2. The van der Waals surface area contributed by atoms with Gasteiger partial charge in [-0.3, -0.25) is 4.79 Å². The Bertz CT molecular complexity index is 835. The quantitative estimate of drug-likeness (QED) is 0.526. The second-order valence-electron chi connectivity index (χ2n) is 5.74. The number of carbonyl (C=O) groups excluding carboxylic acids is 3. The molecule has 0 radical (unpaired) electrons. The minimum absolute atomic E-state index is 0.138. The number of rotatable bonds is 7. The Morgan fingerprint density at radius 2 is 1.54 bits per heavy atom. The van der Waals surface area contributed by atoms with E-state index in [9.17, 15) is 14.4 Å². The van der Waals surface area contributed by atoms with Crippen LogP contribution in [0.15, 0.2) is 47.4 Å². The van der Waals surface area contributed by atoms with E-state index in [4.69, 9.17) is 21.1 Å².